The van der Waals surface area contributed by atoms with E-state index < -0.39 is 0 Å². The van der Waals surface area contributed by atoms with E-state index in [1.165, 1.54) is 12.3 Å². The lowest BCUT2D eigenvalue weighted by atomic mass is 10.2. The highest BCUT2D eigenvalue weighted by Crippen LogP contribution is 2.16. The van der Waals surface area contributed by atoms with Crippen molar-refractivity contribution in [3.8, 4) is 0 Å². The first kappa shape index (κ1) is 12.3. The maximum atomic E-state index is 11.7. The minimum absolute atomic E-state index is 0.141. The number of nitrogen functional groups attached to an aromatic ring is 1. The number of nitrogens with zero attached hydrogens (tertiary/aromatic N) is 3. The molecular weight excluding hydrogens is 258 g/mol. The summed E-state index contributed by atoms with van der Waals surface area (Å²) in [5, 5.41) is 6.44. The normalized spacial score (nSPS) is 10.3. The van der Waals surface area contributed by atoms with Gasteiger partial charge in [0.1, 0.15) is 5.82 Å². The highest BCUT2D eigenvalue weighted by atomic mass is 35.5. The monoisotopic (exact) mass is 267 g/mol. The molecule has 8 heteroatoms. The molecule has 0 aliphatic heterocycles. The average Bonchev–Trinajstić information content (AvgIpc) is 2.75. The van der Waals surface area contributed by atoms with Crippen molar-refractivity contribution < 1.29 is 9.32 Å². The van der Waals surface area contributed by atoms with Crippen LogP contribution in [-0.4, -0.2) is 21.0 Å². The Hall–Kier alpha value is -2.15. The van der Waals surface area contributed by atoms with Crippen molar-refractivity contribution in [2.45, 2.75) is 13.5 Å². The second-order valence-electron chi connectivity index (χ2n) is 3.51. The summed E-state index contributed by atoms with van der Waals surface area (Å²) in [6.07, 6.45) is 1.34. The Morgan fingerprint density at radius 3 is 3.00 bits per heavy atom. The fourth-order valence-electron chi connectivity index (χ4n) is 1.24. The van der Waals surface area contributed by atoms with E-state index in [9.17, 15) is 4.79 Å². The molecule has 18 heavy (non-hydrogen) atoms. The SMILES string of the molecule is Cc1noc(CNC(=O)c2cnc(N)c(Cl)c2)n1. The number of nitrogens with two attached hydrogens (primary N) is 1. The predicted octanol–water partition coefficient (Wildman–Crippen LogP) is 0.939. The smallest absolute Gasteiger partial charge is 0.253 e. The number of aryl methyl sites for hydroxylation is 1. The van der Waals surface area contributed by atoms with Gasteiger partial charge in [0.05, 0.1) is 17.1 Å². The fourth-order valence-corrected chi connectivity index (χ4v) is 1.41. The molecule has 0 aliphatic carbocycles. The zero-order valence-corrected chi connectivity index (χ0v) is 10.2. The van der Waals surface area contributed by atoms with Crippen LogP contribution in [0.25, 0.3) is 0 Å². The number of nitrogens with one attached hydrogen (secondary N) is 1. The Labute approximate surface area is 107 Å². The van der Waals surface area contributed by atoms with Gasteiger partial charge in [-0.2, -0.15) is 4.98 Å². The second-order valence-corrected chi connectivity index (χ2v) is 3.92. The van der Waals surface area contributed by atoms with Crippen LogP contribution in [0.2, 0.25) is 5.02 Å². The van der Waals surface area contributed by atoms with Gasteiger partial charge in [0.15, 0.2) is 5.82 Å². The van der Waals surface area contributed by atoms with Crippen LogP contribution in [-0.2, 0) is 6.54 Å². The van der Waals surface area contributed by atoms with Gasteiger partial charge in [-0.15, -0.1) is 0 Å². The second kappa shape index (κ2) is 5.01. The van der Waals surface area contributed by atoms with Crippen molar-refractivity contribution in [2.24, 2.45) is 0 Å². The van der Waals surface area contributed by atoms with E-state index in [0.29, 0.717) is 17.3 Å². The van der Waals surface area contributed by atoms with Crippen LogP contribution in [0.3, 0.4) is 0 Å². The third-order valence-electron chi connectivity index (χ3n) is 2.10. The van der Waals surface area contributed by atoms with Gasteiger partial charge in [-0.1, -0.05) is 16.8 Å². The van der Waals surface area contributed by atoms with Crippen LogP contribution < -0.4 is 11.1 Å². The molecule has 3 N–H and O–H groups in total. The van der Waals surface area contributed by atoms with E-state index in [2.05, 4.69) is 20.4 Å². The quantitative estimate of drug-likeness (QED) is 0.857. The molecule has 1 amide bonds. The molecule has 0 saturated heterocycles. The number of rotatable bonds is 3. The maximum Gasteiger partial charge on any atom is 0.253 e. The molecule has 7 nitrogen and oxygen atoms in total. The number of carbonyl (C=O) groups is 1. The number of carbonyl (C=O) groups excluding carboxylic acids is 1. The Morgan fingerprint density at radius 2 is 2.39 bits per heavy atom. The Kier molecular flexibility index (Phi) is 3.42. The van der Waals surface area contributed by atoms with Gasteiger partial charge in [0.2, 0.25) is 5.89 Å². The molecule has 0 aliphatic rings. The number of halogens is 1. The number of anilines is 1. The van der Waals surface area contributed by atoms with E-state index in [-0.39, 0.29) is 23.3 Å². The van der Waals surface area contributed by atoms with Crippen molar-refractivity contribution in [1.29, 1.82) is 0 Å². The first-order valence-corrected chi connectivity index (χ1v) is 5.42. The highest BCUT2D eigenvalue weighted by molar-refractivity contribution is 6.33. The summed E-state index contributed by atoms with van der Waals surface area (Å²) < 4.78 is 4.86. The maximum absolute atomic E-state index is 11.7. The van der Waals surface area contributed by atoms with Gasteiger partial charge >= 0.3 is 0 Å². The molecule has 2 rings (SSSR count). The molecule has 0 radical (unpaired) electrons. The predicted molar refractivity (Wildman–Crippen MR) is 63.9 cm³/mol. The number of hydrogen-bond donors (Lipinski definition) is 2. The summed E-state index contributed by atoms with van der Waals surface area (Å²) in [7, 11) is 0. The van der Waals surface area contributed by atoms with E-state index in [1.807, 2.05) is 0 Å². The first-order valence-electron chi connectivity index (χ1n) is 5.04. The van der Waals surface area contributed by atoms with Crippen LogP contribution in [0.5, 0.6) is 0 Å². The number of aromatic nitrogens is 3. The van der Waals surface area contributed by atoms with Crippen molar-refractivity contribution in [3.05, 3.63) is 34.6 Å². The molecule has 2 heterocycles. The van der Waals surface area contributed by atoms with Gasteiger partial charge in [0, 0.05) is 6.20 Å². The molecule has 0 unspecified atom stereocenters. The number of pyridine rings is 1. The lowest BCUT2D eigenvalue weighted by molar-refractivity contribution is 0.0946. The van der Waals surface area contributed by atoms with Gasteiger partial charge in [-0.05, 0) is 13.0 Å². The zero-order valence-electron chi connectivity index (χ0n) is 9.48. The molecule has 0 fully saturated rings. The molecule has 0 spiro atoms. The molecule has 0 aromatic carbocycles. The molecule has 0 atom stereocenters. The van der Waals surface area contributed by atoms with Gasteiger partial charge < -0.3 is 15.6 Å². The van der Waals surface area contributed by atoms with Crippen molar-refractivity contribution in [2.75, 3.05) is 5.73 Å². The summed E-state index contributed by atoms with van der Waals surface area (Å²) in [6, 6.07) is 1.44. The third kappa shape index (κ3) is 2.75. The zero-order chi connectivity index (χ0) is 13.1. The van der Waals surface area contributed by atoms with Crippen molar-refractivity contribution >= 4 is 23.3 Å². The largest absolute Gasteiger partial charge is 0.382 e. The Balaban J connectivity index is 2.01. The minimum Gasteiger partial charge on any atom is -0.382 e. The molecule has 2 aromatic heterocycles. The van der Waals surface area contributed by atoms with Crippen LogP contribution in [0.1, 0.15) is 22.1 Å². The Morgan fingerprint density at radius 1 is 1.61 bits per heavy atom. The molecule has 0 saturated carbocycles. The standard InChI is InChI=1S/C10H10ClN5O2/c1-5-15-8(18-16-5)4-14-10(17)6-2-7(11)9(12)13-3-6/h2-3H,4H2,1H3,(H2,12,13)(H,14,17). The van der Waals surface area contributed by atoms with Gasteiger partial charge in [0.25, 0.3) is 5.91 Å². The summed E-state index contributed by atoms with van der Waals surface area (Å²) in [4.78, 5) is 19.5. The lowest BCUT2D eigenvalue weighted by Gasteiger charge is -2.03. The molecular formula is C10H10ClN5O2. The lowest BCUT2D eigenvalue weighted by Crippen LogP contribution is -2.23. The minimum atomic E-state index is -0.347. The summed E-state index contributed by atoms with van der Waals surface area (Å²) >= 11 is 5.77. The summed E-state index contributed by atoms with van der Waals surface area (Å²) in [6.45, 7) is 1.83. The van der Waals surface area contributed by atoms with E-state index >= 15 is 0 Å². The topological polar surface area (TPSA) is 107 Å². The fraction of sp³-hybridized carbons (Fsp3) is 0.200. The summed E-state index contributed by atoms with van der Waals surface area (Å²) in [5.41, 5.74) is 5.76. The molecule has 94 valence electrons. The van der Waals surface area contributed by atoms with E-state index in [4.69, 9.17) is 21.9 Å². The summed E-state index contributed by atoms with van der Waals surface area (Å²) in [5.74, 6) is 0.674. The number of amides is 1. The van der Waals surface area contributed by atoms with Gasteiger partial charge in [-0.25, -0.2) is 4.98 Å². The van der Waals surface area contributed by atoms with Crippen LogP contribution in [0, 0.1) is 6.92 Å². The van der Waals surface area contributed by atoms with Crippen molar-refractivity contribution in [3.63, 3.8) is 0 Å². The van der Waals surface area contributed by atoms with Crippen molar-refractivity contribution in [1.82, 2.24) is 20.4 Å². The first-order chi connectivity index (χ1) is 8.56. The van der Waals surface area contributed by atoms with E-state index in [1.54, 1.807) is 6.92 Å². The molecule has 0 bridgehead atoms. The van der Waals surface area contributed by atoms with Crippen LogP contribution in [0.15, 0.2) is 16.8 Å². The molecule has 2 aromatic rings. The highest BCUT2D eigenvalue weighted by Gasteiger charge is 2.10. The van der Waals surface area contributed by atoms with Crippen LogP contribution >= 0.6 is 11.6 Å². The Bertz CT molecular complexity index is 583. The third-order valence-corrected chi connectivity index (χ3v) is 2.40. The average molecular weight is 268 g/mol. The number of hydrogen-bond acceptors (Lipinski definition) is 6. The van der Waals surface area contributed by atoms with Gasteiger partial charge in [-0.3, -0.25) is 4.79 Å². The van der Waals surface area contributed by atoms with Crippen LogP contribution in [0.4, 0.5) is 5.82 Å². The van der Waals surface area contributed by atoms with E-state index in [0.717, 1.165) is 0 Å².